The zero-order valence-corrected chi connectivity index (χ0v) is 13.9. The second-order valence-electron chi connectivity index (χ2n) is 6.15. The Hall–Kier alpha value is -3.14. The van der Waals surface area contributed by atoms with Crippen LogP contribution in [-0.4, -0.2) is 18.3 Å². The largest absolute Gasteiger partial charge is 0.482 e. The molecule has 3 aromatic rings. The number of carbonyl (C=O) groups is 2. The van der Waals surface area contributed by atoms with Gasteiger partial charge in [0, 0.05) is 5.56 Å². The van der Waals surface area contributed by atoms with Crippen LogP contribution in [0.2, 0.25) is 0 Å². The van der Waals surface area contributed by atoms with Gasteiger partial charge in [-0.1, -0.05) is 42.5 Å². The third kappa shape index (κ3) is 2.76. The SMILES string of the molecule is CC(=O)c1ccc2c(c1)N(Cc1cccc3ccccc13)C(=O)CO2. The van der Waals surface area contributed by atoms with Crippen molar-refractivity contribution in [2.45, 2.75) is 13.5 Å². The molecule has 0 saturated carbocycles. The Morgan fingerprint density at radius 3 is 2.72 bits per heavy atom. The summed E-state index contributed by atoms with van der Waals surface area (Å²) in [7, 11) is 0. The third-order valence-corrected chi connectivity index (χ3v) is 4.52. The predicted octanol–water partition coefficient (Wildman–Crippen LogP) is 3.97. The quantitative estimate of drug-likeness (QED) is 0.682. The third-order valence-electron chi connectivity index (χ3n) is 4.52. The molecule has 4 nitrogen and oxygen atoms in total. The second-order valence-corrected chi connectivity index (χ2v) is 6.15. The number of Topliss-reactive ketones (excluding diaryl/α,β-unsaturated/α-hetero) is 1. The van der Waals surface area contributed by atoms with Gasteiger partial charge in [0.25, 0.3) is 5.91 Å². The highest BCUT2D eigenvalue weighted by Crippen LogP contribution is 2.35. The van der Waals surface area contributed by atoms with Crippen LogP contribution in [0.1, 0.15) is 22.8 Å². The Kier molecular flexibility index (Phi) is 3.73. The molecular weight excluding hydrogens is 314 g/mol. The van der Waals surface area contributed by atoms with Crippen LogP contribution in [0.15, 0.2) is 60.7 Å². The maximum absolute atomic E-state index is 12.5. The molecule has 0 N–H and O–H groups in total. The Morgan fingerprint density at radius 2 is 1.88 bits per heavy atom. The maximum atomic E-state index is 12.5. The van der Waals surface area contributed by atoms with Gasteiger partial charge < -0.3 is 9.64 Å². The summed E-state index contributed by atoms with van der Waals surface area (Å²) in [5, 5.41) is 2.26. The molecule has 1 aliphatic rings. The number of rotatable bonds is 3. The van der Waals surface area contributed by atoms with Gasteiger partial charge in [-0.3, -0.25) is 9.59 Å². The number of anilines is 1. The molecule has 1 aliphatic heterocycles. The van der Waals surface area contributed by atoms with E-state index in [-0.39, 0.29) is 18.3 Å². The molecule has 0 unspecified atom stereocenters. The molecule has 0 atom stereocenters. The molecule has 1 amide bonds. The minimum absolute atomic E-state index is 0.0111. The summed E-state index contributed by atoms with van der Waals surface area (Å²) in [6.45, 7) is 1.97. The number of ether oxygens (including phenoxy) is 1. The van der Waals surface area contributed by atoms with Crippen LogP contribution in [-0.2, 0) is 11.3 Å². The smallest absolute Gasteiger partial charge is 0.265 e. The van der Waals surface area contributed by atoms with Gasteiger partial charge in [0.15, 0.2) is 12.4 Å². The minimum atomic E-state index is -0.110. The number of amides is 1. The summed E-state index contributed by atoms with van der Waals surface area (Å²) < 4.78 is 5.52. The molecule has 25 heavy (non-hydrogen) atoms. The first kappa shape index (κ1) is 15.4. The highest BCUT2D eigenvalue weighted by atomic mass is 16.5. The van der Waals surface area contributed by atoms with E-state index >= 15 is 0 Å². The number of ketones is 1. The molecule has 4 rings (SSSR count). The molecule has 0 aromatic heterocycles. The molecule has 0 saturated heterocycles. The van der Waals surface area contributed by atoms with E-state index in [2.05, 4.69) is 18.2 Å². The van der Waals surface area contributed by atoms with Gasteiger partial charge in [-0.2, -0.15) is 0 Å². The van der Waals surface area contributed by atoms with Gasteiger partial charge in [-0.25, -0.2) is 0 Å². The first-order valence-electron chi connectivity index (χ1n) is 8.18. The van der Waals surface area contributed by atoms with Crippen LogP contribution in [0, 0.1) is 0 Å². The maximum Gasteiger partial charge on any atom is 0.265 e. The Balaban J connectivity index is 1.79. The highest BCUT2D eigenvalue weighted by Gasteiger charge is 2.26. The summed E-state index contributed by atoms with van der Waals surface area (Å²) in [6, 6.07) is 19.4. The van der Waals surface area contributed by atoms with Crippen LogP contribution < -0.4 is 9.64 Å². The van der Waals surface area contributed by atoms with E-state index in [1.165, 1.54) is 6.92 Å². The molecule has 4 heteroatoms. The molecule has 0 bridgehead atoms. The average molecular weight is 331 g/mol. The van der Waals surface area contributed by atoms with Gasteiger partial charge in [0.2, 0.25) is 0 Å². The average Bonchev–Trinajstić information content (AvgIpc) is 2.63. The summed E-state index contributed by atoms with van der Waals surface area (Å²) in [4.78, 5) is 25.9. The topological polar surface area (TPSA) is 46.6 Å². The zero-order valence-electron chi connectivity index (χ0n) is 13.9. The Labute approximate surface area is 145 Å². The van der Waals surface area contributed by atoms with Gasteiger partial charge in [0.1, 0.15) is 5.75 Å². The number of nitrogens with zero attached hydrogens (tertiary/aromatic N) is 1. The molecule has 1 heterocycles. The van der Waals surface area contributed by atoms with Crippen molar-refractivity contribution in [1.29, 1.82) is 0 Å². The summed E-state index contributed by atoms with van der Waals surface area (Å²) in [5.74, 6) is 0.483. The van der Waals surface area contributed by atoms with E-state index < -0.39 is 0 Å². The number of carbonyl (C=O) groups excluding carboxylic acids is 2. The van der Waals surface area contributed by atoms with Crippen molar-refractivity contribution in [3.8, 4) is 5.75 Å². The number of fused-ring (bicyclic) bond motifs is 2. The van der Waals surface area contributed by atoms with Crippen molar-refractivity contribution < 1.29 is 14.3 Å². The van der Waals surface area contributed by atoms with Gasteiger partial charge in [-0.15, -0.1) is 0 Å². The highest BCUT2D eigenvalue weighted by molar-refractivity contribution is 6.01. The van der Waals surface area contributed by atoms with Crippen molar-refractivity contribution in [1.82, 2.24) is 0 Å². The van der Waals surface area contributed by atoms with Crippen LogP contribution in [0.4, 0.5) is 5.69 Å². The van der Waals surface area contributed by atoms with Crippen LogP contribution in [0.3, 0.4) is 0 Å². The van der Waals surface area contributed by atoms with E-state index in [4.69, 9.17) is 4.74 Å². The zero-order chi connectivity index (χ0) is 17.4. The van der Waals surface area contributed by atoms with E-state index in [9.17, 15) is 9.59 Å². The molecule has 0 spiro atoms. The summed E-state index contributed by atoms with van der Waals surface area (Å²) >= 11 is 0. The number of hydrogen-bond donors (Lipinski definition) is 0. The van der Waals surface area contributed by atoms with Gasteiger partial charge >= 0.3 is 0 Å². The van der Waals surface area contributed by atoms with Crippen LogP contribution >= 0.6 is 0 Å². The molecule has 0 fully saturated rings. The normalized spacial score (nSPS) is 13.5. The van der Waals surface area contributed by atoms with Crippen molar-refractivity contribution in [2.24, 2.45) is 0 Å². The second kappa shape index (κ2) is 6.06. The molecular formula is C21H17NO3. The van der Waals surface area contributed by atoms with E-state index in [1.54, 1.807) is 23.1 Å². The monoisotopic (exact) mass is 331 g/mol. The van der Waals surface area contributed by atoms with Crippen molar-refractivity contribution in [3.63, 3.8) is 0 Å². The van der Waals surface area contributed by atoms with Crippen molar-refractivity contribution >= 4 is 28.2 Å². The van der Waals surface area contributed by atoms with E-state index in [1.807, 2.05) is 24.3 Å². The first-order chi connectivity index (χ1) is 12.1. The standard InChI is InChI=1S/C21H17NO3/c1-14(23)16-9-10-20-19(11-16)22(21(24)13-25-20)12-17-7-4-6-15-5-2-3-8-18(15)17/h2-11H,12-13H2,1H3. The Bertz CT molecular complexity index is 988. The number of hydrogen-bond acceptors (Lipinski definition) is 3. The van der Waals surface area contributed by atoms with Crippen molar-refractivity contribution in [2.75, 3.05) is 11.5 Å². The molecule has 0 radical (unpaired) electrons. The van der Waals surface area contributed by atoms with Crippen LogP contribution in [0.5, 0.6) is 5.75 Å². The van der Waals surface area contributed by atoms with Crippen LogP contribution in [0.25, 0.3) is 10.8 Å². The molecule has 3 aromatic carbocycles. The fourth-order valence-electron chi connectivity index (χ4n) is 3.20. The molecule has 0 aliphatic carbocycles. The first-order valence-corrected chi connectivity index (χ1v) is 8.18. The lowest BCUT2D eigenvalue weighted by molar-refractivity contribution is -0.121. The van der Waals surface area contributed by atoms with Gasteiger partial charge in [0.05, 0.1) is 12.2 Å². The fourth-order valence-corrected chi connectivity index (χ4v) is 3.20. The van der Waals surface area contributed by atoms with Gasteiger partial charge in [-0.05, 0) is 41.5 Å². The predicted molar refractivity (Wildman–Crippen MR) is 97.1 cm³/mol. The molecule has 124 valence electrons. The lowest BCUT2D eigenvalue weighted by Gasteiger charge is -2.30. The lowest BCUT2D eigenvalue weighted by Crippen LogP contribution is -2.38. The van der Waals surface area contributed by atoms with E-state index in [0.29, 0.717) is 23.5 Å². The number of benzene rings is 3. The fraction of sp³-hybridized carbons (Fsp3) is 0.143. The summed E-state index contributed by atoms with van der Waals surface area (Å²) in [6.07, 6.45) is 0. The Morgan fingerprint density at radius 1 is 1.08 bits per heavy atom. The van der Waals surface area contributed by atoms with Crippen molar-refractivity contribution in [3.05, 3.63) is 71.8 Å². The minimum Gasteiger partial charge on any atom is -0.482 e. The lowest BCUT2D eigenvalue weighted by atomic mass is 10.0. The van der Waals surface area contributed by atoms with E-state index in [0.717, 1.165) is 16.3 Å². The summed E-state index contributed by atoms with van der Waals surface area (Å²) in [5.41, 5.74) is 2.28.